The summed E-state index contributed by atoms with van der Waals surface area (Å²) in [6.07, 6.45) is 0.506. The lowest BCUT2D eigenvalue weighted by atomic mass is 10.2. The average molecular weight is 376 g/mol. The quantitative estimate of drug-likeness (QED) is 0.779. The molecule has 2 aromatic rings. The molecule has 0 spiro atoms. The maximum atomic E-state index is 12.7. The van der Waals surface area contributed by atoms with E-state index in [2.05, 4.69) is 0 Å². The van der Waals surface area contributed by atoms with Crippen LogP contribution in [0.25, 0.3) is 0 Å². The van der Waals surface area contributed by atoms with Gasteiger partial charge in [-0.1, -0.05) is 48.5 Å². The predicted octanol–water partition coefficient (Wildman–Crippen LogP) is 2.99. The van der Waals surface area contributed by atoms with Crippen molar-refractivity contribution in [1.29, 1.82) is 0 Å². The van der Waals surface area contributed by atoms with Crippen molar-refractivity contribution in [2.24, 2.45) is 0 Å². The molecule has 0 aliphatic carbocycles. The highest BCUT2D eigenvalue weighted by Crippen LogP contribution is 2.24. The Bertz CT molecular complexity index is 807. The molecule has 132 valence electrons. The summed E-state index contributed by atoms with van der Waals surface area (Å²) >= 11 is 1.57. The number of rotatable bonds is 6. The Kier molecular flexibility index (Phi) is 5.81. The first kappa shape index (κ1) is 18.0. The van der Waals surface area contributed by atoms with Crippen LogP contribution in [0.3, 0.4) is 0 Å². The van der Waals surface area contributed by atoms with Gasteiger partial charge in [0.05, 0.1) is 15.9 Å². The molecule has 1 amide bonds. The van der Waals surface area contributed by atoms with Crippen LogP contribution in [0.5, 0.6) is 0 Å². The molecule has 4 nitrogen and oxygen atoms in total. The smallest absolute Gasteiger partial charge is 0.232 e. The van der Waals surface area contributed by atoms with Gasteiger partial charge in [0, 0.05) is 18.8 Å². The lowest BCUT2D eigenvalue weighted by molar-refractivity contribution is -0.127. The summed E-state index contributed by atoms with van der Waals surface area (Å²) in [6, 6.07) is 18.5. The van der Waals surface area contributed by atoms with Crippen LogP contribution in [0, 0.1) is 0 Å². The van der Waals surface area contributed by atoms with Gasteiger partial charge in [0.25, 0.3) is 0 Å². The number of nitrogens with zero attached hydrogens (tertiary/aromatic N) is 1. The van der Waals surface area contributed by atoms with Gasteiger partial charge in [-0.3, -0.25) is 4.79 Å². The molecule has 0 bridgehead atoms. The molecule has 1 fully saturated rings. The molecule has 1 aliphatic rings. The molecular formula is C19H21NO3S2. The van der Waals surface area contributed by atoms with Gasteiger partial charge in [-0.05, 0) is 24.1 Å². The second kappa shape index (κ2) is 8.06. The van der Waals surface area contributed by atoms with Crippen LogP contribution in [0.1, 0.15) is 12.0 Å². The topological polar surface area (TPSA) is 54.5 Å². The molecule has 0 radical (unpaired) electrons. The maximum absolute atomic E-state index is 12.7. The number of likely N-dealkylation sites (tertiary alicyclic amines) is 1. The zero-order valence-corrected chi connectivity index (χ0v) is 15.5. The number of hydrogen-bond donors (Lipinski definition) is 0. The highest BCUT2D eigenvalue weighted by atomic mass is 32.2. The summed E-state index contributed by atoms with van der Waals surface area (Å²) in [5, 5.41) is -0.502. The number of amides is 1. The molecule has 6 heteroatoms. The van der Waals surface area contributed by atoms with E-state index in [4.69, 9.17) is 0 Å². The van der Waals surface area contributed by atoms with Crippen LogP contribution in [0.4, 0.5) is 0 Å². The van der Waals surface area contributed by atoms with Crippen molar-refractivity contribution in [2.75, 3.05) is 18.8 Å². The van der Waals surface area contributed by atoms with E-state index in [-0.39, 0.29) is 5.91 Å². The van der Waals surface area contributed by atoms with Gasteiger partial charge < -0.3 is 4.90 Å². The minimum atomic E-state index is -3.37. The summed E-state index contributed by atoms with van der Waals surface area (Å²) in [5.41, 5.74) is 1.19. The molecule has 25 heavy (non-hydrogen) atoms. The van der Waals surface area contributed by atoms with E-state index < -0.39 is 15.1 Å². The Labute approximate surface area is 153 Å². The second-order valence-corrected chi connectivity index (χ2v) is 9.30. The minimum Gasteiger partial charge on any atom is -0.341 e. The average Bonchev–Trinajstić information content (AvgIpc) is 3.14. The second-order valence-electron chi connectivity index (χ2n) is 6.09. The van der Waals surface area contributed by atoms with Crippen LogP contribution < -0.4 is 0 Å². The van der Waals surface area contributed by atoms with Crippen LogP contribution in [-0.2, 0) is 20.4 Å². The van der Waals surface area contributed by atoms with Gasteiger partial charge in [0.1, 0.15) is 0 Å². The third-order valence-corrected chi connectivity index (χ3v) is 7.53. The summed E-state index contributed by atoms with van der Waals surface area (Å²) in [5.74, 6) is 1.19. The van der Waals surface area contributed by atoms with Crippen molar-refractivity contribution in [3.05, 3.63) is 66.2 Å². The Morgan fingerprint density at radius 3 is 2.36 bits per heavy atom. The fraction of sp³-hybridized carbons (Fsp3) is 0.316. The lowest BCUT2D eigenvalue weighted by Crippen LogP contribution is -2.33. The van der Waals surface area contributed by atoms with Gasteiger partial charge in [-0.15, -0.1) is 11.8 Å². The first-order valence-corrected chi connectivity index (χ1v) is 11.0. The van der Waals surface area contributed by atoms with E-state index in [1.54, 1.807) is 47.0 Å². The molecule has 2 aromatic carbocycles. The molecule has 0 aromatic heterocycles. The number of sulfone groups is 1. The fourth-order valence-electron chi connectivity index (χ4n) is 2.93. The van der Waals surface area contributed by atoms with Crippen molar-refractivity contribution >= 4 is 27.5 Å². The van der Waals surface area contributed by atoms with E-state index in [9.17, 15) is 13.2 Å². The Morgan fingerprint density at radius 2 is 1.68 bits per heavy atom. The molecule has 1 heterocycles. The zero-order chi connectivity index (χ0) is 17.7. The van der Waals surface area contributed by atoms with E-state index in [1.807, 2.05) is 30.3 Å². The highest BCUT2D eigenvalue weighted by Gasteiger charge is 2.35. The SMILES string of the molecule is O=C(CSCc1ccccc1)N1CCC(S(=O)(=O)c2ccccc2)C1. The molecule has 1 aliphatic heterocycles. The van der Waals surface area contributed by atoms with E-state index in [0.29, 0.717) is 30.2 Å². The number of carbonyl (C=O) groups excluding carboxylic acids is 1. The molecular weight excluding hydrogens is 354 g/mol. The van der Waals surface area contributed by atoms with Crippen molar-refractivity contribution < 1.29 is 13.2 Å². The summed E-state index contributed by atoms with van der Waals surface area (Å²) in [6.45, 7) is 0.809. The standard InChI is InChI=1S/C19H21NO3S2/c21-19(15-24-14-16-7-3-1-4-8-16)20-12-11-18(13-20)25(22,23)17-9-5-2-6-10-17/h1-10,18H,11-15H2. The minimum absolute atomic E-state index is 0.0201. The van der Waals surface area contributed by atoms with Crippen molar-refractivity contribution in [3.8, 4) is 0 Å². The fourth-order valence-corrected chi connectivity index (χ4v) is 5.53. The monoisotopic (exact) mass is 375 g/mol. The molecule has 0 N–H and O–H groups in total. The third-order valence-electron chi connectivity index (χ3n) is 4.35. The van der Waals surface area contributed by atoms with E-state index in [1.165, 1.54) is 5.56 Å². The van der Waals surface area contributed by atoms with Crippen LogP contribution in [0.15, 0.2) is 65.6 Å². The highest BCUT2D eigenvalue weighted by molar-refractivity contribution is 7.99. The first-order chi connectivity index (χ1) is 12.1. The molecule has 3 rings (SSSR count). The molecule has 1 saturated heterocycles. The Hall–Kier alpha value is -1.79. The number of benzene rings is 2. The summed E-state index contributed by atoms with van der Waals surface area (Å²) < 4.78 is 25.3. The zero-order valence-electron chi connectivity index (χ0n) is 13.9. The van der Waals surface area contributed by atoms with Crippen LogP contribution in [0.2, 0.25) is 0 Å². The molecule has 1 atom stereocenters. The Balaban J connectivity index is 1.53. The number of thioether (sulfide) groups is 1. The number of carbonyl (C=O) groups is 1. The predicted molar refractivity (Wildman–Crippen MR) is 101 cm³/mol. The number of hydrogen-bond acceptors (Lipinski definition) is 4. The van der Waals surface area contributed by atoms with Gasteiger partial charge in [0.2, 0.25) is 5.91 Å². The Morgan fingerprint density at radius 1 is 1.04 bits per heavy atom. The van der Waals surface area contributed by atoms with Crippen molar-refractivity contribution in [2.45, 2.75) is 22.3 Å². The first-order valence-electron chi connectivity index (χ1n) is 8.26. The largest absolute Gasteiger partial charge is 0.341 e. The normalized spacial score (nSPS) is 17.6. The summed E-state index contributed by atoms with van der Waals surface area (Å²) in [7, 11) is -3.37. The van der Waals surface area contributed by atoms with Gasteiger partial charge in [-0.2, -0.15) is 0 Å². The lowest BCUT2D eigenvalue weighted by Gasteiger charge is -2.16. The van der Waals surface area contributed by atoms with Gasteiger partial charge >= 0.3 is 0 Å². The van der Waals surface area contributed by atoms with E-state index >= 15 is 0 Å². The van der Waals surface area contributed by atoms with Gasteiger partial charge in [0.15, 0.2) is 9.84 Å². The van der Waals surface area contributed by atoms with Gasteiger partial charge in [-0.25, -0.2) is 8.42 Å². The molecule has 1 unspecified atom stereocenters. The molecule has 0 saturated carbocycles. The van der Waals surface area contributed by atoms with Crippen molar-refractivity contribution in [3.63, 3.8) is 0 Å². The third kappa shape index (κ3) is 4.44. The van der Waals surface area contributed by atoms with Crippen molar-refractivity contribution in [1.82, 2.24) is 4.90 Å². The summed E-state index contributed by atoms with van der Waals surface area (Å²) in [4.78, 5) is 14.4. The van der Waals surface area contributed by atoms with Crippen LogP contribution in [-0.4, -0.2) is 43.3 Å². The van der Waals surface area contributed by atoms with Crippen LogP contribution >= 0.6 is 11.8 Å². The van der Waals surface area contributed by atoms with E-state index in [0.717, 1.165) is 5.75 Å². The maximum Gasteiger partial charge on any atom is 0.232 e.